The first kappa shape index (κ1) is 80.3. The largest absolute Gasteiger partial charge is 0.466 e. The summed E-state index contributed by atoms with van der Waals surface area (Å²) in [5, 5.41) is 23.5. The third kappa shape index (κ3) is 67.5. The predicted molar refractivity (Wildman–Crippen MR) is 361 cm³/mol. The molecule has 0 aromatic heterocycles. The number of aliphatic hydroxyl groups excluding tert-OH is 2. The number of unbranched alkanes of at least 4 members (excludes halogenated alkanes) is 56. The number of hydrogen-bond donors (Lipinski definition) is 3. The molecule has 0 saturated heterocycles. The highest BCUT2D eigenvalue weighted by Crippen LogP contribution is 2.20. The zero-order valence-electron chi connectivity index (χ0n) is 55.8. The molecule has 3 N–H and O–H groups in total. The molecule has 0 aliphatic rings. The molecule has 6 nitrogen and oxygen atoms in total. The van der Waals surface area contributed by atoms with Gasteiger partial charge in [-0.15, -0.1) is 0 Å². The number of ether oxygens (including phenoxy) is 1. The van der Waals surface area contributed by atoms with Gasteiger partial charge >= 0.3 is 5.97 Å². The third-order valence-corrected chi connectivity index (χ3v) is 17.8. The maximum atomic E-state index is 12.6. The fraction of sp³-hybridized carbons (Fsp3) is 0.921. The van der Waals surface area contributed by atoms with E-state index in [2.05, 4.69) is 43.5 Å². The molecular weight excluding hydrogens is 1010 g/mol. The van der Waals surface area contributed by atoms with Gasteiger partial charge in [0.15, 0.2) is 0 Å². The lowest BCUT2D eigenvalue weighted by molar-refractivity contribution is -0.143. The number of hydrogen-bond acceptors (Lipinski definition) is 5. The molecule has 0 aliphatic heterocycles. The van der Waals surface area contributed by atoms with E-state index in [1.54, 1.807) is 0 Å². The SMILES string of the molecule is CCCCC/C=C\C/C=C\CCCCCCCC(=O)OCCCCCCCCCCCCCCCCCCCCCCCCCCCCCCC(=O)NC(CO)C(O)CCCCCCCCCCCCCCCCCCCCCCCC. The first-order valence-electron chi connectivity index (χ1n) is 37.6. The Balaban J connectivity index is 3.35. The van der Waals surface area contributed by atoms with Crippen LogP contribution in [0, 0.1) is 0 Å². The van der Waals surface area contributed by atoms with Gasteiger partial charge in [-0.25, -0.2) is 0 Å². The Morgan fingerprint density at radius 2 is 0.610 bits per heavy atom. The van der Waals surface area contributed by atoms with Crippen LogP contribution in [-0.4, -0.2) is 47.4 Å². The zero-order chi connectivity index (χ0) is 59.2. The van der Waals surface area contributed by atoms with Crippen LogP contribution in [0.5, 0.6) is 0 Å². The van der Waals surface area contributed by atoms with Gasteiger partial charge in [0.2, 0.25) is 5.91 Å². The van der Waals surface area contributed by atoms with Crippen LogP contribution in [0.15, 0.2) is 24.3 Å². The average Bonchev–Trinajstić information content (AvgIpc) is 3.48. The molecule has 2 unspecified atom stereocenters. The lowest BCUT2D eigenvalue weighted by Crippen LogP contribution is -2.45. The topological polar surface area (TPSA) is 95.9 Å². The van der Waals surface area contributed by atoms with Crippen molar-refractivity contribution >= 4 is 11.9 Å². The van der Waals surface area contributed by atoms with Gasteiger partial charge < -0.3 is 20.3 Å². The lowest BCUT2D eigenvalue weighted by Gasteiger charge is -2.22. The fourth-order valence-electron chi connectivity index (χ4n) is 12.0. The Hall–Kier alpha value is -1.66. The maximum absolute atomic E-state index is 12.6. The van der Waals surface area contributed by atoms with Crippen LogP contribution < -0.4 is 5.32 Å². The second kappa shape index (κ2) is 71.8. The average molecular weight is 1160 g/mol. The van der Waals surface area contributed by atoms with Crippen molar-refractivity contribution in [3.63, 3.8) is 0 Å². The molecule has 0 fully saturated rings. The zero-order valence-corrected chi connectivity index (χ0v) is 55.8. The van der Waals surface area contributed by atoms with E-state index in [1.807, 2.05) is 0 Å². The lowest BCUT2D eigenvalue weighted by atomic mass is 10.0. The van der Waals surface area contributed by atoms with Gasteiger partial charge in [0.25, 0.3) is 0 Å². The number of esters is 1. The molecule has 0 bridgehead atoms. The van der Waals surface area contributed by atoms with Crippen LogP contribution in [-0.2, 0) is 14.3 Å². The molecule has 0 aromatic rings. The molecule has 1 amide bonds. The van der Waals surface area contributed by atoms with Crippen LogP contribution in [0.3, 0.4) is 0 Å². The number of carbonyl (C=O) groups excluding carboxylic acids is 2. The van der Waals surface area contributed by atoms with E-state index in [0.29, 0.717) is 25.9 Å². The normalized spacial score (nSPS) is 12.6. The molecule has 6 heteroatoms. The van der Waals surface area contributed by atoms with Crippen molar-refractivity contribution in [1.29, 1.82) is 0 Å². The van der Waals surface area contributed by atoms with E-state index in [1.165, 1.54) is 340 Å². The predicted octanol–water partition coefficient (Wildman–Crippen LogP) is 24.5. The number of carbonyl (C=O) groups is 2. The smallest absolute Gasteiger partial charge is 0.305 e. The summed E-state index contributed by atoms with van der Waals surface area (Å²) in [4.78, 5) is 24.6. The monoisotopic (exact) mass is 1150 g/mol. The van der Waals surface area contributed by atoms with Crippen molar-refractivity contribution in [2.24, 2.45) is 0 Å². The van der Waals surface area contributed by atoms with E-state index >= 15 is 0 Å². The maximum Gasteiger partial charge on any atom is 0.305 e. The van der Waals surface area contributed by atoms with Crippen molar-refractivity contribution in [3.8, 4) is 0 Å². The van der Waals surface area contributed by atoms with Crippen molar-refractivity contribution in [1.82, 2.24) is 5.32 Å². The highest BCUT2D eigenvalue weighted by molar-refractivity contribution is 5.76. The standard InChI is InChI=1S/C76H147NO5/c1-3-5-7-9-11-13-15-17-19-20-21-22-31-34-37-41-44-48-52-56-60-64-68-74(79)73(72-78)77-75(80)69-65-61-57-53-49-45-42-38-35-32-29-27-25-23-24-26-28-30-33-36-39-43-47-51-55-59-63-67-71-82-76(81)70-66-62-58-54-50-46-40-18-16-14-12-10-8-6-4-2/h12,14,18,40,73-74,78-79H,3-11,13,15-17,19-39,41-72H2,1-2H3,(H,77,80)/b14-12-,40-18-. The van der Waals surface area contributed by atoms with E-state index in [9.17, 15) is 19.8 Å². The summed E-state index contributed by atoms with van der Waals surface area (Å²) >= 11 is 0. The van der Waals surface area contributed by atoms with Crippen LogP contribution in [0.4, 0.5) is 0 Å². The molecule has 0 radical (unpaired) electrons. The summed E-state index contributed by atoms with van der Waals surface area (Å²) in [6.07, 6.45) is 91.0. The van der Waals surface area contributed by atoms with Gasteiger partial charge in [-0.05, 0) is 57.8 Å². The van der Waals surface area contributed by atoms with Gasteiger partial charge in [-0.1, -0.05) is 378 Å². The quantitative estimate of drug-likeness (QED) is 0.0320. The van der Waals surface area contributed by atoms with Gasteiger partial charge in [0.05, 0.1) is 25.4 Å². The summed E-state index contributed by atoms with van der Waals surface area (Å²) in [7, 11) is 0. The Kier molecular flexibility index (Phi) is 70.4. The summed E-state index contributed by atoms with van der Waals surface area (Å²) in [6, 6.07) is -0.540. The van der Waals surface area contributed by atoms with E-state index in [-0.39, 0.29) is 18.5 Å². The van der Waals surface area contributed by atoms with E-state index in [4.69, 9.17) is 4.74 Å². The van der Waals surface area contributed by atoms with Crippen molar-refractivity contribution in [2.75, 3.05) is 13.2 Å². The van der Waals surface area contributed by atoms with Crippen molar-refractivity contribution < 1.29 is 24.5 Å². The highest BCUT2D eigenvalue weighted by Gasteiger charge is 2.20. The molecule has 0 rings (SSSR count). The highest BCUT2D eigenvalue weighted by atomic mass is 16.5. The molecule has 0 heterocycles. The Morgan fingerprint density at radius 1 is 0.341 bits per heavy atom. The van der Waals surface area contributed by atoms with Crippen molar-refractivity contribution in [3.05, 3.63) is 24.3 Å². The third-order valence-electron chi connectivity index (χ3n) is 17.8. The van der Waals surface area contributed by atoms with E-state index < -0.39 is 12.1 Å². The molecule has 0 saturated carbocycles. The van der Waals surface area contributed by atoms with Gasteiger partial charge in [-0.2, -0.15) is 0 Å². The number of nitrogens with one attached hydrogen (secondary N) is 1. The van der Waals surface area contributed by atoms with Crippen LogP contribution in [0.1, 0.15) is 425 Å². The first-order chi connectivity index (χ1) is 40.5. The molecule has 0 spiro atoms. The second-order valence-corrected chi connectivity index (χ2v) is 26.0. The minimum atomic E-state index is -0.663. The van der Waals surface area contributed by atoms with Gasteiger partial charge in [0.1, 0.15) is 0 Å². The van der Waals surface area contributed by atoms with Crippen LogP contribution >= 0.6 is 0 Å². The summed E-state index contributed by atoms with van der Waals surface area (Å²) in [5.41, 5.74) is 0. The first-order valence-corrected chi connectivity index (χ1v) is 37.6. The number of allylic oxidation sites excluding steroid dienone is 4. The molecule has 486 valence electrons. The van der Waals surface area contributed by atoms with Crippen molar-refractivity contribution in [2.45, 2.75) is 437 Å². The fourth-order valence-corrected chi connectivity index (χ4v) is 12.0. The molecule has 0 aromatic carbocycles. The second-order valence-electron chi connectivity index (χ2n) is 26.0. The molecule has 82 heavy (non-hydrogen) atoms. The number of amides is 1. The molecular formula is C76H147NO5. The van der Waals surface area contributed by atoms with Crippen LogP contribution in [0.2, 0.25) is 0 Å². The van der Waals surface area contributed by atoms with Crippen LogP contribution in [0.25, 0.3) is 0 Å². The van der Waals surface area contributed by atoms with Gasteiger partial charge in [0, 0.05) is 12.8 Å². The minimum Gasteiger partial charge on any atom is -0.466 e. The van der Waals surface area contributed by atoms with Gasteiger partial charge in [-0.3, -0.25) is 9.59 Å². The summed E-state index contributed by atoms with van der Waals surface area (Å²) in [5.74, 6) is -0.0211. The minimum absolute atomic E-state index is 0.00569. The summed E-state index contributed by atoms with van der Waals surface area (Å²) < 4.78 is 5.49. The Bertz CT molecular complexity index is 1280. The molecule has 0 aliphatic carbocycles. The summed E-state index contributed by atoms with van der Waals surface area (Å²) in [6.45, 7) is 4.97. The Morgan fingerprint density at radius 3 is 0.951 bits per heavy atom. The number of rotatable bonds is 71. The molecule has 2 atom stereocenters. The number of aliphatic hydroxyl groups is 2. The Labute approximate surface area is 513 Å². The van der Waals surface area contributed by atoms with E-state index in [0.717, 1.165) is 51.4 Å².